The maximum atomic E-state index is 3.48. The minimum atomic E-state index is 0.556. The van der Waals surface area contributed by atoms with Gasteiger partial charge < -0.3 is 10.2 Å². The number of hydrogen-bond donors (Lipinski definition) is 1. The van der Waals surface area contributed by atoms with E-state index in [-0.39, 0.29) is 0 Å². The summed E-state index contributed by atoms with van der Waals surface area (Å²) in [5.41, 5.74) is 0.556. The Kier molecular flexibility index (Phi) is 4.45. The van der Waals surface area contributed by atoms with Gasteiger partial charge >= 0.3 is 0 Å². The maximum absolute atomic E-state index is 3.48. The van der Waals surface area contributed by atoms with Crippen molar-refractivity contribution in [2.45, 2.75) is 38.6 Å². The van der Waals surface area contributed by atoms with Crippen LogP contribution in [0.5, 0.6) is 0 Å². The van der Waals surface area contributed by atoms with Crippen molar-refractivity contribution in [2.24, 2.45) is 5.41 Å². The van der Waals surface area contributed by atoms with E-state index in [1.165, 1.54) is 58.4 Å². The average molecular weight is 239 g/mol. The van der Waals surface area contributed by atoms with Gasteiger partial charge in [-0.25, -0.2) is 0 Å². The lowest BCUT2D eigenvalue weighted by Gasteiger charge is -2.39. The predicted octanol–water partition coefficient (Wildman–Crippen LogP) is 1.40. The molecule has 3 nitrogen and oxygen atoms in total. The molecule has 0 saturated carbocycles. The van der Waals surface area contributed by atoms with Crippen molar-refractivity contribution >= 4 is 0 Å². The number of likely N-dealkylation sites (tertiary alicyclic amines) is 1. The van der Waals surface area contributed by atoms with Crippen LogP contribution in [0, 0.1) is 5.41 Å². The van der Waals surface area contributed by atoms with Crippen LogP contribution in [0.25, 0.3) is 0 Å². The zero-order chi connectivity index (χ0) is 12.3. The van der Waals surface area contributed by atoms with E-state index in [2.05, 4.69) is 36.1 Å². The molecule has 0 aromatic rings. The summed E-state index contributed by atoms with van der Waals surface area (Å²) in [5.74, 6) is 0. The molecule has 2 saturated heterocycles. The van der Waals surface area contributed by atoms with Gasteiger partial charge in [-0.2, -0.15) is 0 Å². The first-order valence-electron chi connectivity index (χ1n) is 7.19. The summed E-state index contributed by atoms with van der Waals surface area (Å²) in [7, 11) is 4.39. The third-order valence-electron chi connectivity index (χ3n) is 4.47. The summed E-state index contributed by atoms with van der Waals surface area (Å²) in [6.45, 7) is 8.77. The zero-order valence-corrected chi connectivity index (χ0v) is 11.8. The molecule has 17 heavy (non-hydrogen) atoms. The summed E-state index contributed by atoms with van der Waals surface area (Å²) in [6, 6.07) is 0.803. The Bertz CT molecular complexity index is 234. The van der Waals surface area contributed by atoms with Crippen molar-refractivity contribution in [1.82, 2.24) is 15.1 Å². The molecule has 0 bridgehead atoms. The van der Waals surface area contributed by atoms with Crippen molar-refractivity contribution in [2.75, 3.05) is 46.8 Å². The second kappa shape index (κ2) is 5.68. The van der Waals surface area contributed by atoms with E-state index in [4.69, 9.17) is 0 Å². The number of hydrogen-bond acceptors (Lipinski definition) is 3. The molecule has 0 amide bonds. The van der Waals surface area contributed by atoms with E-state index >= 15 is 0 Å². The van der Waals surface area contributed by atoms with Crippen LogP contribution in [0.3, 0.4) is 0 Å². The topological polar surface area (TPSA) is 18.5 Å². The van der Waals surface area contributed by atoms with Crippen LogP contribution >= 0.6 is 0 Å². The molecular weight excluding hydrogens is 210 g/mol. The minimum Gasteiger partial charge on any atom is -0.317 e. The molecule has 0 aromatic carbocycles. The molecule has 0 spiro atoms. The van der Waals surface area contributed by atoms with Gasteiger partial charge in [0.2, 0.25) is 0 Å². The Hall–Kier alpha value is -0.120. The predicted molar refractivity (Wildman–Crippen MR) is 73.4 cm³/mol. The third kappa shape index (κ3) is 3.67. The fraction of sp³-hybridized carbons (Fsp3) is 1.00. The minimum absolute atomic E-state index is 0.556. The van der Waals surface area contributed by atoms with Crippen LogP contribution in [0.2, 0.25) is 0 Å². The van der Waals surface area contributed by atoms with Crippen molar-refractivity contribution in [1.29, 1.82) is 0 Å². The quantitative estimate of drug-likeness (QED) is 0.800. The number of piperidine rings is 1. The highest BCUT2D eigenvalue weighted by Crippen LogP contribution is 2.31. The first kappa shape index (κ1) is 13.3. The fourth-order valence-corrected chi connectivity index (χ4v) is 3.41. The maximum Gasteiger partial charge on any atom is 0.0223 e. The molecular formula is C14H29N3. The Labute approximate surface area is 107 Å². The van der Waals surface area contributed by atoms with Gasteiger partial charge in [0.05, 0.1) is 0 Å². The summed E-state index contributed by atoms with van der Waals surface area (Å²) in [4.78, 5) is 5.10. The summed E-state index contributed by atoms with van der Waals surface area (Å²) in [5, 5.41) is 3.48. The molecule has 2 aliphatic heterocycles. The van der Waals surface area contributed by atoms with E-state index in [1.807, 2.05) is 0 Å². The van der Waals surface area contributed by atoms with Crippen LogP contribution < -0.4 is 5.32 Å². The molecule has 1 unspecified atom stereocenters. The van der Waals surface area contributed by atoms with Crippen LogP contribution in [-0.4, -0.2) is 62.7 Å². The SMILES string of the molecule is CN(C)CC1CCCN1CC1(C)CCNCC1. The normalized spacial score (nSPS) is 30.0. The molecule has 1 N–H and O–H groups in total. The van der Waals surface area contributed by atoms with Gasteiger partial charge in [0, 0.05) is 19.1 Å². The lowest BCUT2D eigenvalue weighted by molar-refractivity contribution is 0.108. The highest BCUT2D eigenvalue weighted by atomic mass is 15.2. The Balaban J connectivity index is 1.88. The Morgan fingerprint density at radius 1 is 1.29 bits per heavy atom. The monoisotopic (exact) mass is 239 g/mol. The second-order valence-corrected chi connectivity index (χ2v) is 6.59. The first-order valence-corrected chi connectivity index (χ1v) is 7.19. The van der Waals surface area contributed by atoms with Crippen molar-refractivity contribution in [3.05, 3.63) is 0 Å². The number of likely N-dealkylation sites (N-methyl/N-ethyl adjacent to an activating group) is 1. The highest BCUT2D eigenvalue weighted by molar-refractivity contribution is 4.89. The van der Waals surface area contributed by atoms with Crippen molar-refractivity contribution < 1.29 is 0 Å². The summed E-state index contributed by atoms with van der Waals surface area (Å²) < 4.78 is 0. The molecule has 2 heterocycles. The molecule has 0 aliphatic carbocycles. The summed E-state index contributed by atoms with van der Waals surface area (Å²) in [6.07, 6.45) is 5.48. The van der Waals surface area contributed by atoms with Gasteiger partial charge in [-0.05, 0) is 64.8 Å². The molecule has 1 atom stereocenters. The lowest BCUT2D eigenvalue weighted by atomic mass is 9.80. The smallest absolute Gasteiger partial charge is 0.0223 e. The zero-order valence-electron chi connectivity index (χ0n) is 11.8. The van der Waals surface area contributed by atoms with Crippen LogP contribution in [0.4, 0.5) is 0 Å². The van der Waals surface area contributed by atoms with Crippen LogP contribution in [-0.2, 0) is 0 Å². The molecule has 2 rings (SSSR count). The van der Waals surface area contributed by atoms with Gasteiger partial charge in [0.25, 0.3) is 0 Å². The Morgan fingerprint density at radius 2 is 2.00 bits per heavy atom. The van der Waals surface area contributed by atoms with Crippen LogP contribution in [0.1, 0.15) is 32.6 Å². The van der Waals surface area contributed by atoms with E-state index in [0.29, 0.717) is 5.41 Å². The standard InChI is InChI=1S/C14H29N3/c1-14(6-8-15-9-7-14)12-17-10-4-5-13(17)11-16(2)3/h13,15H,4-12H2,1-3H3. The number of nitrogens with one attached hydrogen (secondary N) is 1. The van der Waals surface area contributed by atoms with Crippen molar-refractivity contribution in [3.8, 4) is 0 Å². The van der Waals surface area contributed by atoms with Gasteiger partial charge in [-0.15, -0.1) is 0 Å². The molecule has 3 heteroatoms. The third-order valence-corrected chi connectivity index (χ3v) is 4.47. The van der Waals surface area contributed by atoms with E-state index < -0.39 is 0 Å². The lowest BCUT2D eigenvalue weighted by Crippen LogP contribution is -2.46. The second-order valence-electron chi connectivity index (χ2n) is 6.59. The molecule has 0 aromatic heterocycles. The first-order chi connectivity index (χ1) is 8.09. The largest absolute Gasteiger partial charge is 0.317 e. The fourth-order valence-electron chi connectivity index (χ4n) is 3.41. The molecule has 100 valence electrons. The molecule has 0 radical (unpaired) electrons. The number of rotatable bonds is 4. The van der Waals surface area contributed by atoms with E-state index in [0.717, 1.165) is 6.04 Å². The average Bonchev–Trinajstić information content (AvgIpc) is 2.65. The van der Waals surface area contributed by atoms with Gasteiger partial charge in [0.15, 0.2) is 0 Å². The van der Waals surface area contributed by atoms with Gasteiger partial charge in [0.1, 0.15) is 0 Å². The van der Waals surface area contributed by atoms with E-state index in [1.54, 1.807) is 0 Å². The highest BCUT2D eigenvalue weighted by Gasteiger charge is 2.33. The number of nitrogens with zero attached hydrogens (tertiary/aromatic N) is 2. The van der Waals surface area contributed by atoms with Gasteiger partial charge in [-0.3, -0.25) is 4.90 Å². The van der Waals surface area contributed by atoms with Crippen molar-refractivity contribution in [3.63, 3.8) is 0 Å². The summed E-state index contributed by atoms with van der Waals surface area (Å²) >= 11 is 0. The van der Waals surface area contributed by atoms with Gasteiger partial charge in [-0.1, -0.05) is 6.92 Å². The van der Waals surface area contributed by atoms with E-state index in [9.17, 15) is 0 Å². The Morgan fingerprint density at radius 3 is 2.65 bits per heavy atom. The molecule has 2 aliphatic rings. The van der Waals surface area contributed by atoms with Crippen LogP contribution in [0.15, 0.2) is 0 Å². The molecule has 2 fully saturated rings.